The Morgan fingerprint density at radius 2 is 1.89 bits per heavy atom. The van der Waals surface area contributed by atoms with Crippen LogP contribution in [0.2, 0.25) is 0 Å². The van der Waals surface area contributed by atoms with Crippen LogP contribution < -0.4 is 11.5 Å². The van der Waals surface area contributed by atoms with Crippen molar-refractivity contribution in [3.63, 3.8) is 0 Å². The first kappa shape index (κ1) is 6.48. The van der Waals surface area contributed by atoms with Crippen molar-refractivity contribution in [1.82, 2.24) is 0 Å². The molecule has 0 aromatic rings. The standard InChI is InChI=1S/C5H8N2OS/c6-3(8)5(1-2-5)4(7)9/h1-2H2,(H2,6,8)(H2,7,9). The molecule has 0 spiro atoms. The van der Waals surface area contributed by atoms with Crippen molar-refractivity contribution in [3.8, 4) is 0 Å². The third-order valence-electron chi connectivity index (χ3n) is 1.69. The Hall–Kier alpha value is -0.640. The van der Waals surface area contributed by atoms with Crippen molar-refractivity contribution in [2.45, 2.75) is 12.8 Å². The Morgan fingerprint density at radius 3 is 1.89 bits per heavy atom. The summed E-state index contributed by atoms with van der Waals surface area (Å²) in [5.41, 5.74) is 9.69. The molecule has 1 rings (SSSR count). The van der Waals surface area contributed by atoms with E-state index in [4.69, 9.17) is 11.5 Å². The molecule has 9 heavy (non-hydrogen) atoms. The van der Waals surface area contributed by atoms with Crippen LogP contribution in [0.4, 0.5) is 0 Å². The van der Waals surface area contributed by atoms with Crippen LogP contribution in [0.5, 0.6) is 0 Å². The summed E-state index contributed by atoms with van der Waals surface area (Å²) in [6.45, 7) is 0. The highest BCUT2D eigenvalue weighted by atomic mass is 32.1. The maximum atomic E-state index is 10.6. The SMILES string of the molecule is NC(=O)C1(C(N)=S)CC1. The quantitative estimate of drug-likeness (QED) is 0.515. The van der Waals surface area contributed by atoms with Gasteiger partial charge in [0.25, 0.3) is 0 Å². The van der Waals surface area contributed by atoms with Gasteiger partial charge in [-0.1, -0.05) is 12.2 Å². The molecule has 0 atom stereocenters. The minimum absolute atomic E-state index is 0.245. The number of rotatable bonds is 2. The van der Waals surface area contributed by atoms with E-state index in [2.05, 4.69) is 12.2 Å². The largest absolute Gasteiger partial charge is 0.392 e. The van der Waals surface area contributed by atoms with Crippen molar-refractivity contribution in [2.24, 2.45) is 16.9 Å². The molecule has 0 saturated heterocycles. The van der Waals surface area contributed by atoms with Crippen molar-refractivity contribution in [1.29, 1.82) is 0 Å². The van der Waals surface area contributed by atoms with E-state index >= 15 is 0 Å². The smallest absolute Gasteiger partial charge is 0.230 e. The number of nitrogens with two attached hydrogens (primary N) is 2. The van der Waals surface area contributed by atoms with Crippen LogP contribution in [0.25, 0.3) is 0 Å². The summed E-state index contributed by atoms with van der Waals surface area (Å²) in [5, 5.41) is 0. The molecule has 1 aliphatic rings. The number of hydrogen-bond acceptors (Lipinski definition) is 2. The van der Waals surface area contributed by atoms with Gasteiger partial charge in [0.05, 0.1) is 10.4 Å². The lowest BCUT2D eigenvalue weighted by molar-refractivity contribution is -0.120. The van der Waals surface area contributed by atoms with Crippen LogP contribution in [0.1, 0.15) is 12.8 Å². The second-order valence-electron chi connectivity index (χ2n) is 2.31. The number of thiocarbonyl (C=S) groups is 1. The lowest BCUT2D eigenvalue weighted by Gasteiger charge is -2.05. The van der Waals surface area contributed by atoms with E-state index < -0.39 is 5.41 Å². The Kier molecular flexibility index (Phi) is 1.20. The topological polar surface area (TPSA) is 69.1 Å². The molecule has 1 amide bonds. The molecule has 4 heteroatoms. The zero-order chi connectivity index (χ0) is 7.07. The zero-order valence-corrected chi connectivity index (χ0v) is 5.70. The van der Waals surface area contributed by atoms with Gasteiger partial charge >= 0.3 is 0 Å². The van der Waals surface area contributed by atoms with E-state index in [0.29, 0.717) is 0 Å². The van der Waals surface area contributed by atoms with Gasteiger partial charge in [-0.25, -0.2) is 0 Å². The van der Waals surface area contributed by atoms with Gasteiger partial charge in [0.2, 0.25) is 5.91 Å². The van der Waals surface area contributed by atoms with Gasteiger partial charge in [-0.2, -0.15) is 0 Å². The fraction of sp³-hybridized carbons (Fsp3) is 0.600. The van der Waals surface area contributed by atoms with Crippen LogP contribution in [-0.2, 0) is 4.79 Å². The van der Waals surface area contributed by atoms with Gasteiger partial charge in [-0.3, -0.25) is 4.79 Å². The molecule has 4 N–H and O–H groups in total. The predicted octanol–water partition coefficient (Wildman–Crippen LogP) is -0.462. The highest BCUT2D eigenvalue weighted by Crippen LogP contribution is 2.45. The molecule has 1 saturated carbocycles. The third-order valence-corrected chi connectivity index (χ3v) is 2.08. The number of carbonyl (C=O) groups is 1. The number of carbonyl (C=O) groups excluding carboxylic acids is 1. The van der Waals surface area contributed by atoms with Gasteiger partial charge in [0, 0.05) is 0 Å². The van der Waals surface area contributed by atoms with Crippen molar-refractivity contribution < 1.29 is 4.79 Å². The molecule has 0 bridgehead atoms. The first-order chi connectivity index (χ1) is 4.09. The average molecular weight is 144 g/mol. The molecule has 50 valence electrons. The lowest BCUT2D eigenvalue weighted by atomic mass is 10.1. The predicted molar refractivity (Wildman–Crippen MR) is 37.6 cm³/mol. The molecule has 0 unspecified atom stereocenters. The summed E-state index contributed by atoms with van der Waals surface area (Å²) < 4.78 is 0. The van der Waals surface area contributed by atoms with Gasteiger partial charge < -0.3 is 11.5 Å². The fourth-order valence-corrected chi connectivity index (χ4v) is 1.04. The van der Waals surface area contributed by atoms with Crippen molar-refractivity contribution in [2.75, 3.05) is 0 Å². The monoisotopic (exact) mass is 144 g/mol. The molecule has 1 aliphatic carbocycles. The number of amides is 1. The van der Waals surface area contributed by atoms with Crippen molar-refractivity contribution >= 4 is 23.1 Å². The normalized spacial score (nSPS) is 20.9. The van der Waals surface area contributed by atoms with Crippen LogP contribution in [0.3, 0.4) is 0 Å². The van der Waals surface area contributed by atoms with Crippen LogP contribution in [0.15, 0.2) is 0 Å². The summed E-state index contributed by atoms with van der Waals surface area (Å²) >= 11 is 4.65. The van der Waals surface area contributed by atoms with Gasteiger partial charge in [-0.15, -0.1) is 0 Å². The third kappa shape index (κ3) is 0.790. The summed E-state index contributed by atoms with van der Waals surface area (Å²) in [5.74, 6) is -0.380. The molecule has 0 aliphatic heterocycles. The second-order valence-corrected chi connectivity index (χ2v) is 2.75. The van der Waals surface area contributed by atoms with E-state index in [-0.39, 0.29) is 10.9 Å². The van der Waals surface area contributed by atoms with E-state index in [1.807, 2.05) is 0 Å². The van der Waals surface area contributed by atoms with Crippen LogP contribution >= 0.6 is 12.2 Å². The van der Waals surface area contributed by atoms with Crippen LogP contribution in [0, 0.1) is 5.41 Å². The number of primary amides is 1. The first-order valence-electron chi connectivity index (χ1n) is 2.69. The Balaban J connectivity index is 2.75. The molecule has 0 aromatic heterocycles. The second kappa shape index (κ2) is 1.67. The molecule has 3 nitrogen and oxygen atoms in total. The summed E-state index contributed by atoms with van der Waals surface area (Å²) in [7, 11) is 0. The maximum absolute atomic E-state index is 10.6. The Morgan fingerprint density at radius 1 is 1.44 bits per heavy atom. The molecule has 0 radical (unpaired) electrons. The fourth-order valence-electron chi connectivity index (χ4n) is 0.739. The molecule has 0 aromatic carbocycles. The average Bonchev–Trinajstić information content (AvgIpc) is 2.40. The Bertz CT molecular complexity index is 158. The first-order valence-corrected chi connectivity index (χ1v) is 3.10. The maximum Gasteiger partial charge on any atom is 0.230 e. The van der Waals surface area contributed by atoms with Gasteiger partial charge in [-0.05, 0) is 12.8 Å². The molecule has 1 fully saturated rings. The van der Waals surface area contributed by atoms with E-state index in [9.17, 15) is 4.79 Å². The van der Waals surface area contributed by atoms with E-state index in [1.54, 1.807) is 0 Å². The zero-order valence-electron chi connectivity index (χ0n) is 4.89. The minimum atomic E-state index is -0.602. The Labute approximate surface area is 58.4 Å². The summed E-state index contributed by atoms with van der Waals surface area (Å²) in [4.78, 5) is 10.8. The molecular weight excluding hydrogens is 136 g/mol. The summed E-state index contributed by atoms with van der Waals surface area (Å²) in [6.07, 6.45) is 1.47. The van der Waals surface area contributed by atoms with E-state index in [0.717, 1.165) is 12.8 Å². The minimum Gasteiger partial charge on any atom is -0.392 e. The van der Waals surface area contributed by atoms with Crippen LogP contribution in [-0.4, -0.2) is 10.9 Å². The highest BCUT2D eigenvalue weighted by Gasteiger charge is 2.51. The van der Waals surface area contributed by atoms with Gasteiger partial charge in [0.15, 0.2) is 0 Å². The van der Waals surface area contributed by atoms with E-state index in [1.165, 1.54) is 0 Å². The van der Waals surface area contributed by atoms with Gasteiger partial charge in [0.1, 0.15) is 0 Å². The number of hydrogen-bond donors (Lipinski definition) is 2. The van der Waals surface area contributed by atoms with Crippen molar-refractivity contribution in [3.05, 3.63) is 0 Å². The lowest BCUT2D eigenvalue weighted by Crippen LogP contribution is -2.35. The highest BCUT2D eigenvalue weighted by molar-refractivity contribution is 7.80. The summed E-state index contributed by atoms with van der Waals surface area (Å²) in [6, 6.07) is 0. The molecular formula is C5H8N2OS. The molecule has 0 heterocycles.